The molecule has 0 unspecified atom stereocenters. The first-order valence-electron chi connectivity index (χ1n) is 13.5. The summed E-state index contributed by atoms with van der Waals surface area (Å²) in [7, 11) is 0. The molecule has 2 aromatic carbocycles. The largest absolute Gasteiger partial charge is 0.492 e. The summed E-state index contributed by atoms with van der Waals surface area (Å²) in [6.07, 6.45) is -4.04. The molecule has 0 atom stereocenters. The van der Waals surface area contributed by atoms with Crippen LogP contribution in [-0.2, 0) is 6.54 Å². The Balaban J connectivity index is 1.61. The second kappa shape index (κ2) is 14.5. The maximum absolute atomic E-state index is 12.9. The third kappa shape index (κ3) is 10.2. The Labute approximate surface area is 270 Å². The van der Waals surface area contributed by atoms with Gasteiger partial charge in [0.2, 0.25) is 11.9 Å². The van der Waals surface area contributed by atoms with Crippen LogP contribution in [0.1, 0.15) is 36.2 Å². The number of hydrogen-bond donors (Lipinski definition) is 3. The van der Waals surface area contributed by atoms with E-state index in [1.807, 2.05) is 13.8 Å². The number of rotatable bonds is 2. The number of carbonyl (C=O) groups is 2. The molecule has 0 saturated heterocycles. The fourth-order valence-electron chi connectivity index (χ4n) is 4.15. The highest BCUT2D eigenvalue weighted by Crippen LogP contribution is 2.27. The summed E-state index contributed by atoms with van der Waals surface area (Å²) in [6, 6.07) is 11.0. The fourth-order valence-corrected chi connectivity index (χ4v) is 4.82. The summed E-state index contributed by atoms with van der Waals surface area (Å²) in [4.78, 5) is 39.0. The number of nitrogens with one attached hydrogen (secondary N) is 3. The van der Waals surface area contributed by atoms with Gasteiger partial charge in [-0.2, -0.15) is 28.1 Å². The van der Waals surface area contributed by atoms with Crippen LogP contribution >= 0.6 is 34.2 Å². The van der Waals surface area contributed by atoms with Crippen molar-refractivity contribution in [3.8, 4) is 11.8 Å². The second-order valence-corrected chi connectivity index (χ2v) is 12.0. The van der Waals surface area contributed by atoms with Crippen LogP contribution in [0.3, 0.4) is 0 Å². The molecule has 16 heteroatoms. The Morgan fingerprint density at radius 2 is 1.84 bits per heavy atom. The molecule has 236 valence electrons. The molecular formula is C28H30ClF3IN7O4. The van der Waals surface area contributed by atoms with E-state index in [-0.39, 0.29) is 28.3 Å². The summed E-state index contributed by atoms with van der Waals surface area (Å²) in [6.45, 7) is 4.00. The van der Waals surface area contributed by atoms with Crippen molar-refractivity contribution in [2.45, 2.75) is 33.0 Å². The highest BCUT2D eigenvalue weighted by Gasteiger charge is 2.29. The van der Waals surface area contributed by atoms with E-state index in [2.05, 4.69) is 30.9 Å². The first-order valence-corrected chi connectivity index (χ1v) is 14.9. The molecule has 3 aromatic rings. The van der Waals surface area contributed by atoms with E-state index < -0.39 is 24.2 Å². The van der Waals surface area contributed by atoms with Crippen molar-refractivity contribution in [2.24, 2.45) is 5.41 Å². The van der Waals surface area contributed by atoms with Crippen molar-refractivity contribution >= 4 is 61.6 Å². The zero-order chi connectivity index (χ0) is 31.9. The van der Waals surface area contributed by atoms with Gasteiger partial charge in [0.25, 0.3) is 9.82 Å². The summed E-state index contributed by atoms with van der Waals surface area (Å²) in [5.41, 5.74) is 1.15. The van der Waals surface area contributed by atoms with E-state index in [0.717, 1.165) is 5.56 Å². The van der Waals surface area contributed by atoms with E-state index >= 15 is 0 Å². The van der Waals surface area contributed by atoms with Crippen LogP contribution in [0.15, 0.2) is 42.5 Å². The van der Waals surface area contributed by atoms with Gasteiger partial charge in [-0.15, -0.1) is 0 Å². The number of halogens is 5. The van der Waals surface area contributed by atoms with Gasteiger partial charge in [0.05, 0.1) is 11.6 Å². The minimum Gasteiger partial charge on any atom is -0.492 e. The van der Waals surface area contributed by atoms with E-state index in [4.69, 9.17) is 21.1 Å². The minimum absolute atomic E-state index is 0.0430. The predicted octanol–water partition coefficient (Wildman–Crippen LogP) is 6.22. The fraction of sp³-hybridized carbons (Fsp3) is 0.393. The van der Waals surface area contributed by atoms with Crippen molar-refractivity contribution in [2.75, 3.05) is 43.5 Å². The van der Waals surface area contributed by atoms with Crippen molar-refractivity contribution in [3.05, 3.63) is 58.6 Å². The highest BCUT2D eigenvalue weighted by molar-refractivity contribution is 14.1. The van der Waals surface area contributed by atoms with Crippen molar-refractivity contribution in [1.29, 1.82) is 0 Å². The van der Waals surface area contributed by atoms with Gasteiger partial charge in [-0.05, 0) is 53.8 Å². The Kier molecular flexibility index (Phi) is 10.9. The second-order valence-electron chi connectivity index (χ2n) is 10.7. The number of anilines is 3. The lowest BCUT2D eigenvalue weighted by Gasteiger charge is -2.32. The third-order valence-electron chi connectivity index (χ3n) is 6.25. The average molecular weight is 748 g/mol. The number of hydrogen-bond acceptors (Lipinski definition) is 9. The zero-order valence-corrected chi connectivity index (χ0v) is 26.7. The third-order valence-corrected chi connectivity index (χ3v) is 7.23. The first-order chi connectivity index (χ1) is 20.8. The Morgan fingerprint density at radius 1 is 1.11 bits per heavy atom. The molecule has 0 fully saturated rings. The van der Waals surface area contributed by atoms with Crippen molar-refractivity contribution < 1.29 is 32.2 Å². The lowest BCUT2D eigenvalue weighted by atomic mass is 9.92. The first kappa shape index (κ1) is 33.3. The summed E-state index contributed by atoms with van der Waals surface area (Å²) in [5.74, 6) is 0.0279. The van der Waals surface area contributed by atoms with Gasteiger partial charge in [0.1, 0.15) is 5.75 Å². The quantitative estimate of drug-likeness (QED) is 0.159. The molecule has 3 N–H and O–H groups in total. The van der Waals surface area contributed by atoms with Gasteiger partial charge in [0, 0.05) is 60.0 Å². The van der Waals surface area contributed by atoms with Crippen LogP contribution in [0.25, 0.3) is 0 Å². The molecule has 7 rings (SSSR count). The van der Waals surface area contributed by atoms with Crippen molar-refractivity contribution in [1.82, 2.24) is 25.2 Å². The lowest BCUT2D eigenvalue weighted by Crippen LogP contribution is -2.43. The van der Waals surface area contributed by atoms with Gasteiger partial charge in [0.15, 0.2) is 6.61 Å². The molecular weight excluding hydrogens is 718 g/mol. The number of nitrogens with zero attached hydrogens (tertiary/aromatic N) is 4. The molecule has 2 amide bonds. The molecule has 5 heterocycles. The number of benzene rings is 2. The molecule has 0 spiro atoms. The Bertz CT molecular complexity index is 1480. The van der Waals surface area contributed by atoms with Crippen LogP contribution in [0, 0.1) is 5.41 Å². The molecule has 0 radical (unpaired) electrons. The minimum atomic E-state index is -4.59. The topological polar surface area (TPSA) is 131 Å². The van der Waals surface area contributed by atoms with Crippen LogP contribution in [0.2, 0.25) is 5.02 Å². The van der Waals surface area contributed by atoms with Crippen LogP contribution < -0.4 is 25.4 Å². The zero-order valence-electron chi connectivity index (χ0n) is 23.8. The summed E-state index contributed by atoms with van der Waals surface area (Å²) in [5, 5.41) is 9.11. The predicted molar refractivity (Wildman–Crippen MR) is 167 cm³/mol. The van der Waals surface area contributed by atoms with Gasteiger partial charge in [-0.25, -0.2) is 0 Å². The SMILES string of the molecule is CC1(C)CNC(=O)c2ccc(cc2)Nc2nc(nc(OCC(F)(F)F)n2)NCc2ccc(c(Cl)c2)OCCCN(C(=O)I)C1. The molecule has 4 aliphatic rings. The molecule has 4 aliphatic heterocycles. The number of ether oxygens (including phenoxy) is 2. The lowest BCUT2D eigenvalue weighted by molar-refractivity contribution is -0.154. The molecule has 6 bridgehead atoms. The summed E-state index contributed by atoms with van der Waals surface area (Å²) >= 11 is 8.19. The molecule has 0 saturated carbocycles. The standard InChI is InChI=1S/C28H30ClF3IN7O4/c1-27(2)14-35-22(41)18-5-7-19(8-6-18)36-25-37-24(38-26(39-25)44-16-28(30,31)32)34-13-17-4-9-21(20(29)12-17)43-11-3-10-40(15-27)23(33)42/h4-9,12H,3,10-11,13-16H2,1-2H3,(H,35,41)(H2,34,36,37,38,39). The van der Waals surface area contributed by atoms with E-state index in [1.54, 1.807) is 70.0 Å². The highest BCUT2D eigenvalue weighted by atomic mass is 127. The molecule has 44 heavy (non-hydrogen) atoms. The Hall–Kier alpha value is -3.60. The van der Waals surface area contributed by atoms with Gasteiger partial charge in [-0.3, -0.25) is 9.59 Å². The van der Waals surface area contributed by atoms with E-state index in [1.165, 1.54) is 0 Å². The maximum Gasteiger partial charge on any atom is 0.422 e. The van der Waals surface area contributed by atoms with E-state index in [9.17, 15) is 22.8 Å². The van der Waals surface area contributed by atoms with Crippen LogP contribution in [0.4, 0.5) is 35.5 Å². The average Bonchev–Trinajstić information content (AvgIpc) is 2.95. The number of aromatic nitrogens is 3. The molecule has 11 nitrogen and oxygen atoms in total. The number of carbonyl (C=O) groups excluding carboxylic acids is 2. The van der Waals surface area contributed by atoms with Crippen molar-refractivity contribution in [3.63, 3.8) is 0 Å². The smallest absolute Gasteiger partial charge is 0.422 e. The van der Waals surface area contributed by atoms with E-state index in [0.29, 0.717) is 54.7 Å². The van der Waals surface area contributed by atoms with Crippen LogP contribution in [-0.4, -0.2) is 68.7 Å². The van der Waals surface area contributed by atoms with Gasteiger partial charge in [-0.1, -0.05) is 31.5 Å². The van der Waals surface area contributed by atoms with Crippen LogP contribution in [0.5, 0.6) is 11.8 Å². The summed E-state index contributed by atoms with van der Waals surface area (Å²) < 4.78 is 48.9. The molecule has 0 aliphatic carbocycles. The number of amides is 2. The maximum atomic E-state index is 12.9. The Morgan fingerprint density at radius 3 is 2.52 bits per heavy atom. The number of alkyl halides is 3. The van der Waals surface area contributed by atoms with Gasteiger partial charge >= 0.3 is 12.2 Å². The monoisotopic (exact) mass is 747 g/mol. The van der Waals surface area contributed by atoms with Gasteiger partial charge < -0.3 is 30.3 Å². The molecule has 1 aromatic heterocycles. The normalized spacial score (nSPS) is 16.2.